The molecule has 0 aliphatic heterocycles. The van der Waals surface area contributed by atoms with Crippen LogP contribution in [0.3, 0.4) is 0 Å². The zero-order valence-electron chi connectivity index (χ0n) is 10.0. The molecule has 1 aromatic rings. The third kappa shape index (κ3) is 2.47. The van der Waals surface area contributed by atoms with Crippen molar-refractivity contribution in [3.8, 4) is 5.88 Å². The van der Waals surface area contributed by atoms with Gasteiger partial charge in [-0.1, -0.05) is 0 Å². The second-order valence-electron chi connectivity index (χ2n) is 5.01. The lowest BCUT2D eigenvalue weighted by atomic mass is 10.0. The van der Waals surface area contributed by atoms with Gasteiger partial charge in [-0.15, -0.1) is 9.42 Å². The van der Waals surface area contributed by atoms with E-state index < -0.39 is 25.9 Å². The molecular formula is C11H14N2O5P+. The van der Waals surface area contributed by atoms with Gasteiger partial charge in [0.1, 0.15) is 18.5 Å². The Labute approximate surface area is 110 Å². The number of aromatic nitrogens is 2. The highest BCUT2D eigenvalue weighted by Crippen LogP contribution is 2.60. The van der Waals surface area contributed by atoms with Gasteiger partial charge in [0.05, 0.1) is 6.10 Å². The van der Waals surface area contributed by atoms with Gasteiger partial charge in [0.2, 0.25) is 5.88 Å². The van der Waals surface area contributed by atoms with E-state index in [9.17, 15) is 9.67 Å². The van der Waals surface area contributed by atoms with Gasteiger partial charge in [-0.3, -0.25) is 0 Å². The van der Waals surface area contributed by atoms with Gasteiger partial charge in [0.25, 0.3) is 0 Å². The minimum atomic E-state index is -2.67. The normalized spacial score (nSPS) is 37.4. The van der Waals surface area contributed by atoms with E-state index in [1.807, 2.05) is 0 Å². The lowest BCUT2D eigenvalue weighted by Gasteiger charge is -2.12. The molecule has 0 bridgehead atoms. The SMILES string of the molecule is O=[P+](O)O[C@H]1C[C@H](Oc2ccncn2)CC12CC2O. The Morgan fingerprint density at radius 3 is 2.84 bits per heavy atom. The smallest absolute Gasteiger partial charge is 0.474 e. The number of aliphatic hydroxyl groups is 1. The highest BCUT2D eigenvalue weighted by Gasteiger charge is 2.66. The molecule has 2 aliphatic rings. The lowest BCUT2D eigenvalue weighted by molar-refractivity contribution is 0.0998. The van der Waals surface area contributed by atoms with Crippen LogP contribution in [0.2, 0.25) is 0 Å². The summed E-state index contributed by atoms with van der Waals surface area (Å²) >= 11 is 0. The van der Waals surface area contributed by atoms with E-state index in [-0.39, 0.29) is 6.10 Å². The van der Waals surface area contributed by atoms with Crippen molar-refractivity contribution in [1.29, 1.82) is 0 Å². The topological polar surface area (TPSA) is 102 Å². The molecule has 1 spiro atoms. The minimum absolute atomic E-state index is 0.174. The second-order valence-corrected chi connectivity index (χ2v) is 5.70. The summed E-state index contributed by atoms with van der Waals surface area (Å²) in [6.07, 6.45) is 3.54. The van der Waals surface area contributed by atoms with Crippen LogP contribution in [0.4, 0.5) is 0 Å². The molecular weight excluding hydrogens is 271 g/mol. The van der Waals surface area contributed by atoms with Gasteiger partial charge in [-0.05, 0) is 12.8 Å². The summed E-state index contributed by atoms with van der Waals surface area (Å²) in [4.78, 5) is 16.7. The van der Waals surface area contributed by atoms with Crippen LogP contribution < -0.4 is 4.74 Å². The highest BCUT2D eigenvalue weighted by molar-refractivity contribution is 7.32. The fourth-order valence-electron chi connectivity index (χ4n) is 2.84. The van der Waals surface area contributed by atoms with Crippen LogP contribution >= 0.6 is 8.25 Å². The van der Waals surface area contributed by atoms with Crippen LogP contribution in [-0.2, 0) is 9.09 Å². The van der Waals surface area contributed by atoms with Gasteiger partial charge in [0.15, 0.2) is 0 Å². The third-order valence-corrected chi connectivity index (χ3v) is 4.30. The zero-order chi connectivity index (χ0) is 13.5. The molecule has 1 heterocycles. The number of nitrogens with zero attached hydrogens (tertiary/aromatic N) is 2. The van der Waals surface area contributed by atoms with Gasteiger partial charge in [-0.2, -0.15) is 0 Å². The highest BCUT2D eigenvalue weighted by atomic mass is 31.1. The summed E-state index contributed by atoms with van der Waals surface area (Å²) in [6, 6.07) is 1.65. The zero-order valence-corrected chi connectivity index (χ0v) is 10.9. The summed E-state index contributed by atoms with van der Waals surface area (Å²) in [5.41, 5.74) is -0.425. The van der Waals surface area contributed by atoms with Crippen LogP contribution in [0.15, 0.2) is 18.6 Å². The van der Waals surface area contributed by atoms with Crippen molar-refractivity contribution >= 4 is 8.25 Å². The molecule has 0 amide bonds. The van der Waals surface area contributed by atoms with Crippen LogP contribution in [0.1, 0.15) is 19.3 Å². The molecule has 7 nitrogen and oxygen atoms in total. The Bertz CT molecular complexity index is 487. The molecule has 3 unspecified atom stereocenters. The molecule has 19 heavy (non-hydrogen) atoms. The molecule has 0 aromatic carbocycles. The molecule has 0 radical (unpaired) electrons. The summed E-state index contributed by atoms with van der Waals surface area (Å²) in [6.45, 7) is 0. The van der Waals surface area contributed by atoms with Gasteiger partial charge in [-0.25, -0.2) is 9.97 Å². The van der Waals surface area contributed by atoms with Crippen molar-refractivity contribution < 1.29 is 23.8 Å². The first-order valence-corrected chi connectivity index (χ1v) is 7.17. The molecule has 102 valence electrons. The molecule has 3 rings (SSSR count). The average molecular weight is 285 g/mol. The molecule has 0 saturated heterocycles. The summed E-state index contributed by atoms with van der Waals surface area (Å²) < 4.78 is 21.5. The number of hydrogen-bond acceptors (Lipinski definition) is 6. The van der Waals surface area contributed by atoms with E-state index >= 15 is 0 Å². The summed E-state index contributed by atoms with van der Waals surface area (Å²) in [5, 5.41) is 9.75. The predicted molar refractivity (Wildman–Crippen MR) is 63.4 cm³/mol. The fourth-order valence-corrected chi connectivity index (χ4v) is 3.36. The molecule has 1 aromatic heterocycles. The van der Waals surface area contributed by atoms with Gasteiger partial charge in [0, 0.05) is 28.7 Å². The Kier molecular flexibility index (Phi) is 3.22. The van der Waals surface area contributed by atoms with E-state index in [0.717, 1.165) is 0 Å². The number of rotatable bonds is 4. The van der Waals surface area contributed by atoms with Crippen LogP contribution in [0, 0.1) is 5.41 Å². The molecule has 2 N–H and O–H groups in total. The molecule has 5 atom stereocenters. The van der Waals surface area contributed by atoms with E-state index in [1.54, 1.807) is 12.3 Å². The Hall–Kier alpha value is -1.14. The van der Waals surface area contributed by atoms with E-state index in [1.165, 1.54) is 6.33 Å². The third-order valence-electron chi connectivity index (χ3n) is 3.86. The Morgan fingerprint density at radius 2 is 2.26 bits per heavy atom. The van der Waals surface area contributed by atoms with Crippen molar-refractivity contribution in [2.75, 3.05) is 0 Å². The molecule has 8 heteroatoms. The predicted octanol–water partition coefficient (Wildman–Crippen LogP) is 0.804. The average Bonchev–Trinajstić information content (AvgIpc) is 2.88. The van der Waals surface area contributed by atoms with E-state index in [2.05, 4.69) is 9.97 Å². The maximum Gasteiger partial charge on any atom is 0.695 e. The quantitative estimate of drug-likeness (QED) is 0.789. The maximum atomic E-state index is 10.8. The van der Waals surface area contributed by atoms with Crippen LogP contribution in [-0.4, -0.2) is 38.3 Å². The minimum Gasteiger partial charge on any atom is -0.474 e. The first-order chi connectivity index (χ1) is 9.10. The standard InChI is InChI=1S/C11H13N2O5P/c14-8-5-11(8)4-7(3-9(11)18-19(15)16)17-10-1-2-12-6-13-10/h1-2,6-9,14H,3-5H2/p+1/t7-,8?,9-,11?/m0/s1. The number of aliphatic hydroxyl groups excluding tert-OH is 1. The molecule has 2 aliphatic carbocycles. The van der Waals surface area contributed by atoms with Gasteiger partial charge >= 0.3 is 8.25 Å². The second kappa shape index (κ2) is 4.76. The number of hydrogen-bond donors (Lipinski definition) is 2. The molecule has 2 fully saturated rings. The van der Waals surface area contributed by atoms with Crippen molar-refractivity contribution in [1.82, 2.24) is 9.97 Å². The van der Waals surface area contributed by atoms with E-state index in [4.69, 9.17) is 14.2 Å². The lowest BCUT2D eigenvalue weighted by Crippen LogP contribution is -2.20. The Balaban J connectivity index is 1.68. The van der Waals surface area contributed by atoms with E-state index in [0.29, 0.717) is 25.1 Å². The van der Waals surface area contributed by atoms with Crippen molar-refractivity contribution in [2.45, 2.75) is 37.6 Å². The number of ether oxygens (including phenoxy) is 1. The molecule has 2 saturated carbocycles. The summed E-state index contributed by atoms with van der Waals surface area (Å²) in [7, 11) is -2.67. The fraction of sp³-hybridized carbons (Fsp3) is 0.636. The summed E-state index contributed by atoms with van der Waals surface area (Å²) in [5.74, 6) is 0.458. The first kappa shape index (κ1) is 12.9. The largest absolute Gasteiger partial charge is 0.695 e. The van der Waals surface area contributed by atoms with Crippen LogP contribution in [0.25, 0.3) is 0 Å². The first-order valence-electron chi connectivity index (χ1n) is 6.04. The Morgan fingerprint density at radius 1 is 1.47 bits per heavy atom. The van der Waals surface area contributed by atoms with Gasteiger partial charge < -0.3 is 9.84 Å². The monoisotopic (exact) mass is 285 g/mol. The van der Waals surface area contributed by atoms with Crippen molar-refractivity contribution in [2.24, 2.45) is 5.41 Å². The van der Waals surface area contributed by atoms with Crippen molar-refractivity contribution in [3.63, 3.8) is 0 Å². The van der Waals surface area contributed by atoms with Crippen molar-refractivity contribution in [3.05, 3.63) is 18.6 Å². The maximum absolute atomic E-state index is 10.8. The van der Waals surface area contributed by atoms with Crippen LogP contribution in [0.5, 0.6) is 5.88 Å².